The summed E-state index contributed by atoms with van der Waals surface area (Å²) < 4.78 is 13.7. The van der Waals surface area contributed by atoms with Crippen LogP contribution in [0.25, 0.3) is 0 Å². The predicted molar refractivity (Wildman–Crippen MR) is 82.2 cm³/mol. The molecule has 116 valence electrons. The molecule has 1 aromatic carbocycles. The Morgan fingerprint density at radius 1 is 1.29 bits per heavy atom. The maximum atomic E-state index is 12.9. The monoisotopic (exact) mass is 293 g/mol. The smallest absolute Gasteiger partial charge is 0.275 e. The van der Waals surface area contributed by atoms with Crippen LogP contribution in [-0.4, -0.2) is 37.1 Å². The van der Waals surface area contributed by atoms with Gasteiger partial charge in [0.15, 0.2) is 6.54 Å². The van der Waals surface area contributed by atoms with Crippen molar-refractivity contribution < 1.29 is 13.7 Å². The van der Waals surface area contributed by atoms with Gasteiger partial charge in [-0.15, -0.1) is 0 Å². The molecule has 1 unspecified atom stereocenters. The van der Waals surface area contributed by atoms with Crippen molar-refractivity contribution in [3.05, 3.63) is 35.6 Å². The largest absolute Gasteiger partial charge is 0.345 e. The molecular formula is C17H26FN2O+. The Bertz CT molecular complexity index is 478. The normalized spacial score (nSPS) is 17.7. The van der Waals surface area contributed by atoms with Crippen molar-refractivity contribution in [3.63, 3.8) is 0 Å². The number of hydrogen-bond acceptors (Lipinski definition) is 1. The minimum absolute atomic E-state index is 0.0590. The number of nitrogens with one attached hydrogen (secondary N) is 1. The molecule has 0 radical (unpaired) electrons. The topological polar surface area (TPSA) is 29.1 Å². The van der Waals surface area contributed by atoms with E-state index in [1.165, 1.54) is 37.8 Å². The van der Waals surface area contributed by atoms with Gasteiger partial charge in [0.25, 0.3) is 5.91 Å². The zero-order chi connectivity index (χ0) is 15.5. The number of halogens is 1. The van der Waals surface area contributed by atoms with Crippen LogP contribution in [0, 0.1) is 5.82 Å². The van der Waals surface area contributed by atoms with E-state index < -0.39 is 0 Å². The van der Waals surface area contributed by atoms with Crippen molar-refractivity contribution in [3.8, 4) is 0 Å². The van der Waals surface area contributed by atoms with E-state index in [-0.39, 0.29) is 17.8 Å². The first-order valence-electron chi connectivity index (χ1n) is 7.76. The summed E-state index contributed by atoms with van der Waals surface area (Å²) in [4.78, 5) is 12.3. The molecule has 1 aromatic rings. The second-order valence-electron chi connectivity index (χ2n) is 6.72. The fourth-order valence-electron chi connectivity index (χ4n) is 3.22. The third kappa shape index (κ3) is 4.27. The third-order valence-electron chi connectivity index (χ3n) is 4.61. The molecule has 1 saturated carbocycles. The number of rotatable bonds is 5. The van der Waals surface area contributed by atoms with E-state index in [0.717, 1.165) is 10.0 Å². The first kappa shape index (κ1) is 16.0. The van der Waals surface area contributed by atoms with Crippen LogP contribution in [0.15, 0.2) is 24.3 Å². The van der Waals surface area contributed by atoms with Crippen LogP contribution in [0.1, 0.15) is 44.2 Å². The van der Waals surface area contributed by atoms with Gasteiger partial charge in [-0.05, 0) is 50.3 Å². The number of amides is 1. The fraction of sp³-hybridized carbons (Fsp3) is 0.588. The summed E-state index contributed by atoms with van der Waals surface area (Å²) in [5.74, 6) is -0.194. The highest BCUT2D eigenvalue weighted by molar-refractivity contribution is 5.77. The fourth-order valence-corrected chi connectivity index (χ4v) is 3.22. The summed E-state index contributed by atoms with van der Waals surface area (Å²) >= 11 is 0. The zero-order valence-electron chi connectivity index (χ0n) is 13.2. The van der Waals surface area contributed by atoms with Crippen LogP contribution in [0.3, 0.4) is 0 Å². The van der Waals surface area contributed by atoms with Gasteiger partial charge < -0.3 is 9.80 Å². The van der Waals surface area contributed by atoms with E-state index in [9.17, 15) is 9.18 Å². The van der Waals surface area contributed by atoms with Crippen LogP contribution >= 0.6 is 0 Å². The molecule has 1 aliphatic carbocycles. The van der Waals surface area contributed by atoms with Gasteiger partial charge in [0.05, 0.1) is 26.2 Å². The highest BCUT2D eigenvalue weighted by atomic mass is 19.1. The summed E-state index contributed by atoms with van der Waals surface area (Å²) in [7, 11) is 4.27. The van der Waals surface area contributed by atoms with E-state index >= 15 is 0 Å². The number of hydrogen-bond donors (Lipinski definition) is 1. The molecule has 1 fully saturated rings. The quantitative estimate of drug-likeness (QED) is 0.831. The first-order chi connectivity index (χ1) is 9.88. The second kappa shape index (κ2) is 6.56. The molecule has 4 heteroatoms. The highest BCUT2D eigenvalue weighted by Crippen LogP contribution is 2.26. The number of nitrogens with zero attached hydrogens (tertiary/aromatic N) is 1. The molecule has 1 amide bonds. The van der Waals surface area contributed by atoms with Gasteiger partial charge >= 0.3 is 0 Å². The molecule has 2 rings (SSSR count). The Morgan fingerprint density at radius 2 is 1.86 bits per heavy atom. The van der Waals surface area contributed by atoms with E-state index in [4.69, 9.17) is 0 Å². The molecule has 0 aromatic heterocycles. The van der Waals surface area contributed by atoms with E-state index in [1.54, 1.807) is 12.1 Å². The molecular weight excluding hydrogens is 267 g/mol. The zero-order valence-corrected chi connectivity index (χ0v) is 13.2. The Balaban J connectivity index is 1.90. The van der Waals surface area contributed by atoms with Crippen LogP contribution in [0.4, 0.5) is 4.39 Å². The Hall–Kier alpha value is -1.42. The third-order valence-corrected chi connectivity index (χ3v) is 4.61. The average Bonchev–Trinajstić information content (AvgIpc) is 2.93. The standard InChI is InChI=1S/C17H25FN2O/c1-13(14-8-10-15(18)11-9-14)19-17(21)12-20(2,3)16-6-4-5-7-16/h8-11,13,16H,4-7,12H2,1-3H3/p+1. The molecule has 21 heavy (non-hydrogen) atoms. The van der Waals surface area contributed by atoms with Crippen LogP contribution in [0.5, 0.6) is 0 Å². The number of benzene rings is 1. The van der Waals surface area contributed by atoms with Crippen molar-refractivity contribution in [2.24, 2.45) is 0 Å². The molecule has 1 N–H and O–H groups in total. The van der Waals surface area contributed by atoms with Gasteiger partial charge in [-0.1, -0.05) is 12.1 Å². The van der Waals surface area contributed by atoms with Gasteiger partial charge in [0.2, 0.25) is 0 Å². The van der Waals surface area contributed by atoms with Crippen molar-refractivity contribution in [2.75, 3.05) is 20.6 Å². The highest BCUT2D eigenvalue weighted by Gasteiger charge is 2.33. The summed E-state index contributed by atoms with van der Waals surface area (Å²) in [5.41, 5.74) is 0.927. The van der Waals surface area contributed by atoms with Gasteiger partial charge in [-0.3, -0.25) is 4.79 Å². The number of quaternary nitrogens is 1. The summed E-state index contributed by atoms with van der Waals surface area (Å²) in [6.07, 6.45) is 4.99. The summed E-state index contributed by atoms with van der Waals surface area (Å²) in [6, 6.07) is 6.79. The Kier molecular flexibility index (Phi) is 4.99. The van der Waals surface area contributed by atoms with Crippen LogP contribution in [0.2, 0.25) is 0 Å². The molecule has 0 aliphatic heterocycles. The van der Waals surface area contributed by atoms with Gasteiger partial charge in [0, 0.05) is 0 Å². The molecule has 0 spiro atoms. The van der Waals surface area contributed by atoms with E-state index in [1.807, 2.05) is 6.92 Å². The lowest BCUT2D eigenvalue weighted by molar-refractivity contribution is -0.906. The van der Waals surface area contributed by atoms with Crippen molar-refractivity contribution in [2.45, 2.75) is 44.7 Å². The lowest BCUT2D eigenvalue weighted by Gasteiger charge is -2.35. The van der Waals surface area contributed by atoms with Crippen LogP contribution in [-0.2, 0) is 4.79 Å². The molecule has 0 heterocycles. The minimum atomic E-state index is -0.253. The molecule has 0 bridgehead atoms. The first-order valence-corrected chi connectivity index (χ1v) is 7.76. The summed E-state index contributed by atoms with van der Waals surface area (Å²) in [5, 5.41) is 3.02. The van der Waals surface area contributed by atoms with Crippen molar-refractivity contribution in [1.29, 1.82) is 0 Å². The second-order valence-corrected chi connectivity index (χ2v) is 6.72. The van der Waals surface area contributed by atoms with E-state index in [2.05, 4.69) is 19.4 Å². The average molecular weight is 293 g/mol. The maximum Gasteiger partial charge on any atom is 0.275 e. The molecule has 0 saturated heterocycles. The lowest BCUT2D eigenvalue weighted by atomic mass is 10.1. The van der Waals surface area contributed by atoms with Crippen molar-refractivity contribution in [1.82, 2.24) is 5.32 Å². The summed E-state index contributed by atoms with van der Waals surface area (Å²) in [6.45, 7) is 2.43. The number of carbonyl (C=O) groups is 1. The number of likely N-dealkylation sites (N-methyl/N-ethyl adjacent to an activating group) is 1. The van der Waals surface area contributed by atoms with Gasteiger partial charge in [-0.25, -0.2) is 4.39 Å². The molecule has 1 aliphatic rings. The lowest BCUT2D eigenvalue weighted by Crippen LogP contribution is -2.53. The van der Waals surface area contributed by atoms with E-state index in [0.29, 0.717) is 12.6 Å². The SMILES string of the molecule is CC(NC(=O)C[N+](C)(C)C1CCCC1)c1ccc(F)cc1. The maximum absolute atomic E-state index is 12.9. The minimum Gasteiger partial charge on any atom is -0.345 e. The van der Waals surface area contributed by atoms with Gasteiger partial charge in [-0.2, -0.15) is 0 Å². The van der Waals surface area contributed by atoms with Crippen molar-refractivity contribution >= 4 is 5.91 Å². The Morgan fingerprint density at radius 3 is 2.43 bits per heavy atom. The molecule has 1 atom stereocenters. The predicted octanol–water partition coefficient (Wildman–Crippen LogP) is 3.02. The Labute approximate surface area is 126 Å². The number of carbonyl (C=O) groups excluding carboxylic acids is 1. The van der Waals surface area contributed by atoms with Gasteiger partial charge in [0.1, 0.15) is 5.82 Å². The van der Waals surface area contributed by atoms with Crippen LogP contribution < -0.4 is 5.32 Å². The molecule has 3 nitrogen and oxygen atoms in total.